The highest BCUT2D eigenvalue weighted by molar-refractivity contribution is 7.80. The summed E-state index contributed by atoms with van der Waals surface area (Å²) in [5.74, 6) is 0.676. The van der Waals surface area contributed by atoms with Gasteiger partial charge < -0.3 is 10.2 Å². The van der Waals surface area contributed by atoms with Gasteiger partial charge in [-0.3, -0.25) is 0 Å². The lowest BCUT2D eigenvalue weighted by atomic mass is 10.1. The van der Waals surface area contributed by atoms with Gasteiger partial charge in [-0.1, -0.05) is 11.6 Å². The predicted octanol–water partition coefficient (Wildman–Crippen LogP) is 0.607. The number of thiol groups is 1. The maximum Gasteiger partial charge on any atom is 0.0468 e. The lowest BCUT2D eigenvalue weighted by Gasteiger charge is -2.01. The van der Waals surface area contributed by atoms with Crippen LogP contribution < -0.4 is 0 Å². The molecule has 0 aromatic carbocycles. The molecule has 0 aromatic heterocycles. The van der Waals surface area contributed by atoms with Crippen LogP contribution >= 0.6 is 12.6 Å². The third-order valence-electron chi connectivity index (χ3n) is 1.25. The minimum absolute atomic E-state index is 0.152. The first-order valence-corrected chi connectivity index (χ1v) is 3.99. The summed E-state index contributed by atoms with van der Waals surface area (Å²) < 4.78 is 0. The number of rotatable bonds is 5. The molecule has 0 heterocycles. The number of hydrogen-bond acceptors (Lipinski definition) is 3. The monoisotopic (exact) mass is 162 g/mol. The molecule has 2 nitrogen and oxygen atoms in total. The molecule has 0 rings (SSSR count). The number of aliphatic hydroxyl groups is 2. The van der Waals surface area contributed by atoms with Crippen LogP contribution in [0.1, 0.15) is 12.8 Å². The molecule has 0 aliphatic carbocycles. The fraction of sp³-hybridized carbons (Fsp3) is 0.714. The van der Waals surface area contributed by atoms with Crippen molar-refractivity contribution in [3.8, 4) is 0 Å². The Labute approximate surface area is 67.0 Å². The third-order valence-corrected chi connectivity index (χ3v) is 1.43. The second-order valence-corrected chi connectivity index (χ2v) is 2.36. The Kier molecular flexibility index (Phi) is 7.13. The van der Waals surface area contributed by atoms with Gasteiger partial charge in [-0.05, 0) is 12.8 Å². The molecular formula is C7H14O2S. The van der Waals surface area contributed by atoms with Crippen molar-refractivity contribution in [2.45, 2.75) is 12.8 Å². The minimum atomic E-state index is 0.152. The summed E-state index contributed by atoms with van der Waals surface area (Å²) in [5, 5.41) is 17.1. The normalized spacial score (nSPS) is 9.50. The zero-order valence-corrected chi connectivity index (χ0v) is 6.85. The highest BCUT2D eigenvalue weighted by Crippen LogP contribution is 2.05. The van der Waals surface area contributed by atoms with Gasteiger partial charge in [-0.25, -0.2) is 0 Å². The van der Waals surface area contributed by atoms with Gasteiger partial charge in [0.15, 0.2) is 0 Å². The van der Waals surface area contributed by atoms with Crippen molar-refractivity contribution >= 4 is 12.6 Å². The van der Waals surface area contributed by atoms with Gasteiger partial charge in [0.05, 0.1) is 0 Å². The van der Waals surface area contributed by atoms with E-state index in [0.29, 0.717) is 18.6 Å². The Morgan fingerprint density at radius 2 is 1.70 bits per heavy atom. The molecule has 0 atom stereocenters. The smallest absolute Gasteiger partial charge is 0.0468 e. The average Bonchev–Trinajstić information content (AvgIpc) is 1.90. The van der Waals surface area contributed by atoms with E-state index < -0.39 is 0 Å². The van der Waals surface area contributed by atoms with Crippen molar-refractivity contribution in [2.24, 2.45) is 0 Å². The molecule has 0 radical (unpaired) electrons. The predicted molar refractivity (Wildman–Crippen MR) is 45.3 cm³/mol. The van der Waals surface area contributed by atoms with E-state index in [9.17, 15) is 0 Å². The lowest BCUT2D eigenvalue weighted by Crippen LogP contribution is -1.93. The van der Waals surface area contributed by atoms with Crippen molar-refractivity contribution in [1.82, 2.24) is 0 Å². The molecule has 0 aliphatic heterocycles. The van der Waals surface area contributed by atoms with E-state index in [2.05, 4.69) is 12.6 Å². The zero-order chi connectivity index (χ0) is 7.82. The van der Waals surface area contributed by atoms with E-state index >= 15 is 0 Å². The quantitative estimate of drug-likeness (QED) is 0.409. The van der Waals surface area contributed by atoms with Crippen LogP contribution in [0.25, 0.3) is 0 Å². The first-order chi connectivity index (χ1) is 4.85. The van der Waals surface area contributed by atoms with Crippen LogP contribution in [0.3, 0.4) is 0 Å². The van der Waals surface area contributed by atoms with Crippen molar-refractivity contribution in [2.75, 3.05) is 19.0 Å². The highest BCUT2D eigenvalue weighted by Gasteiger charge is 1.93. The molecule has 0 unspecified atom stereocenters. The van der Waals surface area contributed by atoms with E-state index in [1.807, 2.05) is 6.08 Å². The average molecular weight is 162 g/mol. The standard InChI is InChI=1S/C7H14O2S/c8-4-1-7(2-5-9)3-6-10/h3,8-10H,1-2,4-6H2. The molecule has 60 valence electrons. The summed E-state index contributed by atoms with van der Waals surface area (Å²) >= 11 is 4.01. The molecule has 0 saturated heterocycles. The van der Waals surface area contributed by atoms with Crippen LogP contribution in [0.4, 0.5) is 0 Å². The second kappa shape index (κ2) is 7.12. The number of aliphatic hydroxyl groups excluding tert-OH is 2. The van der Waals surface area contributed by atoms with Crippen LogP contribution in [-0.2, 0) is 0 Å². The highest BCUT2D eigenvalue weighted by atomic mass is 32.1. The molecule has 10 heavy (non-hydrogen) atoms. The second-order valence-electron chi connectivity index (χ2n) is 1.99. The first kappa shape index (κ1) is 10.0. The van der Waals surface area contributed by atoms with Gasteiger partial charge in [-0.2, -0.15) is 12.6 Å². The Morgan fingerprint density at radius 1 is 1.20 bits per heavy atom. The van der Waals surface area contributed by atoms with Gasteiger partial charge in [0.1, 0.15) is 0 Å². The minimum Gasteiger partial charge on any atom is -0.396 e. The van der Waals surface area contributed by atoms with Crippen molar-refractivity contribution in [3.63, 3.8) is 0 Å². The third kappa shape index (κ3) is 4.85. The van der Waals surface area contributed by atoms with Crippen molar-refractivity contribution in [1.29, 1.82) is 0 Å². The zero-order valence-electron chi connectivity index (χ0n) is 5.95. The SMILES string of the molecule is OCCC(=CCS)CCO. The van der Waals surface area contributed by atoms with E-state index in [1.165, 1.54) is 0 Å². The topological polar surface area (TPSA) is 40.5 Å². The fourth-order valence-electron chi connectivity index (χ4n) is 0.745. The Hall–Kier alpha value is 0.01000. The molecule has 0 saturated carbocycles. The van der Waals surface area contributed by atoms with E-state index in [-0.39, 0.29) is 13.2 Å². The lowest BCUT2D eigenvalue weighted by molar-refractivity contribution is 0.280. The Morgan fingerprint density at radius 3 is 2.00 bits per heavy atom. The molecule has 0 bridgehead atoms. The van der Waals surface area contributed by atoms with E-state index in [1.54, 1.807) is 0 Å². The van der Waals surface area contributed by atoms with Crippen LogP contribution in [0.5, 0.6) is 0 Å². The molecule has 0 amide bonds. The summed E-state index contributed by atoms with van der Waals surface area (Å²) in [6, 6.07) is 0. The summed E-state index contributed by atoms with van der Waals surface area (Å²) in [6.45, 7) is 0.305. The largest absolute Gasteiger partial charge is 0.396 e. The molecular weight excluding hydrogens is 148 g/mol. The van der Waals surface area contributed by atoms with Gasteiger partial charge in [-0.15, -0.1) is 0 Å². The molecule has 0 aromatic rings. The maximum absolute atomic E-state index is 8.54. The van der Waals surface area contributed by atoms with Gasteiger partial charge >= 0.3 is 0 Å². The molecule has 0 aliphatic rings. The fourth-order valence-corrected chi connectivity index (χ4v) is 1.00. The molecule has 2 N–H and O–H groups in total. The summed E-state index contributed by atoms with van der Waals surface area (Å²) in [7, 11) is 0. The Balaban J connectivity index is 3.60. The van der Waals surface area contributed by atoms with Gasteiger partial charge in [0.25, 0.3) is 0 Å². The van der Waals surface area contributed by atoms with Crippen molar-refractivity contribution in [3.05, 3.63) is 11.6 Å². The Bertz CT molecular complexity index is 93.8. The first-order valence-electron chi connectivity index (χ1n) is 3.35. The molecule has 0 spiro atoms. The summed E-state index contributed by atoms with van der Waals surface area (Å²) in [4.78, 5) is 0. The van der Waals surface area contributed by atoms with E-state index in [4.69, 9.17) is 10.2 Å². The van der Waals surface area contributed by atoms with Crippen molar-refractivity contribution < 1.29 is 10.2 Å². The van der Waals surface area contributed by atoms with Crippen LogP contribution in [0.2, 0.25) is 0 Å². The molecule has 3 heteroatoms. The maximum atomic E-state index is 8.54. The summed E-state index contributed by atoms with van der Waals surface area (Å²) in [5.41, 5.74) is 1.08. The molecule has 0 fully saturated rings. The van der Waals surface area contributed by atoms with Gasteiger partial charge in [0, 0.05) is 19.0 Å². The van der Waals surface area contributed by atoms with Gasteiger partial charge in [0.2, 0.25) is 0 Å². The van der Waals surface area contributed by atoms with Crippen LogP contribution in [-0.4, -0.2) is 29.2 Å². The van der Waals surface area contributed by atoms with Crippen LogP contribution in [0.15, 0.2) is 11.6 Å². The number of hydrogen-bond donors (Lipinski definition) is 3. The van der Waals surface area contributed by atoms with Crippen LogP contribution in [0, 0.1) is 0 Å². The van der Waals surface area contributed by atoms with E-state index in [0.717, 1.165) is 5.57 Å². The summed E-state index contributed by atoms with van der Waals surface area (Å²) in [6.07, 6.45) is 3.23.